The Morgan fingerprint density at radius 3 is 2.56 bits per heavy atom. The summed E-state index contributed by atoms with van der Waals surface area (Å²) >= 11 is 0. The Labute approximate surface area is 191 Å². The molecule has 3 heterocycles. The maximum absolute atomic E-state index is 14.1. The average Bonchev–Trinajstić information content (AvgIpc) is 2.73. The van der Waals surface area contributed by atoms with E-state index >= 15 is 0 Å². The number of primary sulfonamides is 1. The lowest BCUT2D eigenvalue weighted by Gasteiger charge is -2.54. The van der Waals surface area contributed by atoms with Crippen LogP contribution < -0.4 is 15.4 Å². The van der Waals surface area contributed by atoms with Crippen molar-refractivity contribution in [1.29, 1.82) is 0 Å². The number of hydrogen-bond donors (Lipinski definition) is 2. The Morgan fingerprint density at radius 1 is 1.24 bits per heavy atom. The summed E-state index contributed by atoms with van der Waals surface area (Å²) in [5, 5.41) is 6.77. The highest BCUT2D eigenvalue weighted by atomic mass is 32.2. The molecular formula is C20H20F5N5O3S. The molecule has 0 bridgehead atoms. The van der Waals surface area contributed by atoms with Gasteiger partial charge >= 0.3 is 6.18 Å². The lowest BCUT2D eigenvalue weighted by Crippen LogP contribution is -2.60. The van der Waals surface area contributed by atoms with Gasteiger partial charge < -0.3 is 10.2 Å². The molecule has 4 rings (SSSR count). The van der Waals surface area contributed by atoms with Crippen molar-refractivity contribution in [1.82, 2.24) is 9.97 Å². The SMILES string of the molecule is C[C@H]1CN(c2ncc(C(F)(F)F)cc2C(=O)Nc2ccnc(S(N)(=O)=O)c2)CC2C1CC2(F)F. The van der Waals surface area contributed by atoms with Crippen molar-refractivity contribution in [2.45, 2.75) is 30.5 Å². The van der Waals surface area contributed by atoms with Gasteiger partial charge in [0.2, 0.25) is 0 Å². The first-order valence-corrected chi connectivity index (χ1v) is 11.7. The number of rotatable bonds is 4. The summed E-state index contributed by atoms with van der Waals surface area (Å²) < 4.78 is 91.2. The number of alkyl halides is 5. The van der Waals surface area contributed by atoms with Crippen LogP contribution in [0.2, 0.25) is 0 Å². The van der Waals surface area contributed by atoms with Gasteiger partial charge in [-0.1, -0.05) is 6.92 Å². The van der Waals surface area contributed by atoms with E-state index in [-0.39, 0.29) is 42.9 Å². The number of pyridine rings is 2. The first-order valence-electron chi connectivity index (χ1n) is 10.2. The van der Waals surface area contributed by atoms with E-state index in [1.54, 1.807) is 6.92 Å². The quantitative estimate of drug-likeness (QED) is 0.617. The molecular weight excluding hydrogens is 485 g/mol. The van der Waals surface area contributed by atoms with Gasteiger partial charge in [-0.2, -0.15) is 13.2 Å². The monoisotopic (exact) mass is 505 g/mol. The highest BCUT2D eigenvalue weighted by Crippen LogP contribution is 2.54. The highest BCUT2D eigenvalue weighted by Gasteiger charge is 2.59. The van der Waals surface area contributed by atoms with Gasteiger partial charge in [0.25, 0.3) is 21.9 Å². The first-order chi connectivity index (χ1) is 15.7. The largest absolute Gasteiger partial charge is 0.417 e. The Balaban J connectivity index is 1.70. The molecule has 1 amide bonds. The third-order valence-corrected chi connectivity index (χ3v) is 7.05. The molecule has 2 aliphatic rings. The summed E-state index contributed by atoms with van der Waals surface area (Å²) in [4.78, 5) is 21.8. The van der Waals surface area contributed by atoms with Crippen molar-refractivity contribution in [2.24, 2.45) is 22.9 Å². The van der Waals surface area contributed by atoms with Crippen LogP contribution >= 0.6 is 0 Å². The van der Waals surface area contributed by atoms with Crippen molar-refractivity contribution < 1.29 is 35.2 Å². The van der Waals surface area contributed by atoms with E-state index in [4.69, 9.17) is 5.14 Å². The Morgan fingerprint density at radius 2 is 1.94 bits per heavy atom. The molecule has 3 N–H and O–H groups in total. The Bertz CT molecular complexity index is 1240. The van der Waals surface area contributed by atoms with Crippen LogP contribution in [0.1, 0.15) is 29.3 Å². The second kappa shape index (κ2) is 8.12. The summed E-state index contributed by atoms with van der Waals surface area (Å²) in [7, 11) is -4.20. The number of anilines is 2. The van der Waals surface area contributed by atoms with Gasteiger partial charge in [0.15, 0.2) is 5.03 Å². The number of fused-ring (bicyclic) bond motifs is 1. The molecule has 0 spiro atoms. The zero-order chi connectivity index (χ0) is 25.1. The van der Waals surface area contributed by atoms with Crippen LogP contribution in [0.15, 0.2) is 35.6 Å². The average molecular weight is 505 g/mol. The fraction of sp³-hybridized carbons (Fsp3) is 0.450. The molecule has 2 aromatic rings. The van der Waals surface area contributed by atoms with E-state index in [2.05, 4.69) is 15.3 Å². The van der Waals surface area contributed by atoms with Crippen molar-refractivity contribution in [2.75, 3.05) is 23.3 Å². The number of halogens is 5. The molecule has 3 atom stereocenters. The van der Waals surface area contributed by atoms with Crippen LogP contribution in [0.4, 0.5) is 33.5 Å². The van der Waals surface area contributed by atoms with Gasteiger partial charge in [0.1, 0.15) is 5.82 Å². The predicted molar refractivity (Wildman–Crippen MR) is 111 cm³/mol. The lowest BCUT2D eigenvalue weighted by atomic mass is 9.62. The van der Waals surface area contributed by atoms with Crippen LogP contribution in [-0.4, -0.2) is 43.3 Å². The molecule has 2 fully saturated rings. The molecule has 1 saturated heterocycles. The van der Waals surface area contributed by atoms with Crippen molar-refractivity contribution >= 4 is 27.4 Å². The van der Waals surface area contributed by atoms with E-state index < -0.39 is 50.1 Å². The maximum Gasteiger partial charge on any atom is 0.417 e. The zero-order valence-electron chi connectivity index (χ0n) is 17.7. The number of carbonyl (C=O) groups is 1. The fourth-order valence-corrected chi connectivity index (χ4v) is 4.97. The molecule has 1 aliphatic heterocycles. The predicted octanol–water partition coefficient (Wildman–Crippen LogP) is 3.12. The number of nitrogens with zero attached hydrogens (tertiary/aromatic N) is 3. The second-order valence-electron chi connectivity index (χ2n) is 8.59. The standard InChI is InChI=1S/C20H20F5N5O3S/c1-10-8-30(9-15-14(10)6-19(15,21)22)17-13(4-11(7-28-17)20(23,24)25)18(31)29-12-2-3-27-16(5-12)34(26,32)33/h2-5,7,10,14-15H,6,8-9H2,1H3,(H2,26,32,33)(H,27,29,31)/t10-,14?,15?/m0/s1. The molecule has 14 heteroatoms. The normalized spacial score (nSPS) is 24.2. The third kappa shape index (κ3) is 4.56. The molecule has 8 nitrogen and oxygen atoms in total. The summed E-state index contributed by atoms with van der Waals surface area (Å²) in [5.74, 6) is -5.49. The summed E-state index contributed by atoms with van der Waals surface area (Å²) in [5.41, 5.74) is -1.78. The fourth-order valence-electron chi connectivity index (χ4n) is 4.47. The van der Waals surface area contributed by atoms with Gasteiger partial charge in [-0.15, -0.1) is 0 Å². The number of piperidine rings is 1. The van der Waals surface area contributed by atoms with Gasteiger partial charge in [-0.3, -0.25) is 4.79 Å². The van der Waals surface area contributed by atoms with E-state index in [0.29, 0.717) is 12.3 Å². The van der Waals surface area contributed by atoms with Crippen molar-refractivity contribution in [3.05, 3.63) is 41.7 Å². The zero-order valence-corrected chi connectivity index (χ0v) is 18.5. The third-order valence-electron chi connectivity index (χ3n) is 6.25. The molecule has 0 radical (unpaired) electrons. The van der Waals surface area contributed by atoms with E-state index in [1.807, 2.05) is 0 Å². The Kier molecular flexibility index (Phi) is 5.79. The van der Waals surface area contributed by atoms with Crippen LogP contribution in [0.3, 0.4) is 0 Å². The smallest absolute Gasteiger partial charge is 0.355 e. The van der Waals surface area contributed by atoms with Crippen LogP contribution in [0.5, 0.6) is 0 Å². The number of nitrogens with one attached hydrogen (secondary N) is 1. The summed E-state index contributed by atoms with van der Waals surface area (Å²) in [6.45, 7) is 1.85. The highest BCUT2D eigenvalue weighted by molar-refractivity contribution is 7.89. The molecule has 1 saturated carbocycles. The minimum Gasteiger partial charge on any atom is -0.355 e. The molecule has 34 heavy (non-hydrogen) atoms. The van der Waals surface area contributed by atoms with Crippen LogP contribution in [0.25, 0.3) is 0 Å². The van der Waals surface area contributed by atoms with Gasteiger partial charge in [0, 0.05) is 49.6 Å². The van der Waals surface area contributed by atoms with Gasteiger partial charge in [-0.25, -0.2) is 32.3 Å². The summed E-state index contributed by atoms with van der Waals surface area (Å²) in [6, 6.07) is 2.75. The number of amides is 1. The number of sulfonamides is 1. The topological polar surface area (TPSA) is 118 Å². The van der Waals surface area contributed by atoms with Gasteiger partial charge in [-0.05, 0) is 24.0 Å². The molecule has 184 valence electrons. The number of carbonyl (C=O) groups excluding carboxylic acids is 1. The minimum absolute atomic E-state index is 0.0926. The maximum atomic E-state index is 14.1. The lowest BCUT2D eigenvalue weighted by molar-refractivity contribution is -0.189. The molecule has 2 aromatic heterocycles. The van der Waals surface area contributed by atoms with E-state index in [1.165, 1.54) is 11.0 Å². The Hall–Kier alpha value is -2.87. The van der Waals surface area contributed by atoms with Gasteiger partial charge in [0.05, 0.1) is 11.1 Å². The summed E-state index contributed by atoms with van der Waals surface area (Å²) in [6.07, 6.45) is -3.45. The molecule has 2 unspecified atom stereocenters. The minimum atomic E-state index is -4.81. The van der Waals surface area contributed by atoms with E-state index in [9.17, 15) is 35.2 Å². The van der Waals surface area contributed by atoms with E-state index in [0.717, 1.165) is 12.3 Å². The van der Waals surface area contributed by atoms with Crippen molar-refractivity contribution in [3.8, 4) is 0 Å². The van der Waals surface area contributed by atoms with Crippen LogP contribution in [-0.2, 0) is 16.2 Å². The second-order valence-corrected chi connectivity index (χ2v) is 10.1. The van der Waals surface area contributed by atoms with Crippen LogP contribution in [0, 0.1) is 17.8 Å². The number of aromatic nitrogens is 2. The van der Waals surface area contributed by atoms with Crippen molar-refractivity contribution in [3.63, 3.8) is 0 Å². The number of hydrogen-bond acceptors (Lipinski definition) is 6. The molecule has 1 aliphatic carbocycles. The molecule has 0 aromatic carbocycles. The first kappa shape index (κ1) is 24.3. The number of nitrogens with two attached hydrogens (primary N) is 1.